The maximum absolute atomic E-state index is 12.6. The lowest BCUT2D eigenvalue weighted by atomic mass is 10.0. The standard InChI is InChI=1S/C25H29N5O2/c1-17-14-18(2)29-23(28-17)10-11-26-24(31)15-22-25(32)27-12-13-30(22)16-20-8-5-7-19-6-3-4-9-21(19)20/h3-9,14,22H,10-13,15-16H2,1-2H3,(H,26,31)(H,27,32)/t22-/m1/s1. The molecule has 0 saturated carbocycles. The van der Waals surface area contributed by atoms with Crippen molar-refractivity contribution in [3.63, 3.8) is 0 Å². The zero-order valence-electron chi connectivity index (χ0n) is 18.6. The maximum atomic E-state index is 12.6. The van der Waals surface area contributed by atoms with Gasteiger partial charge in [-0.1, -0.05) is 42.5 Å². The highest BCUT2D eigenvalue weighted by atomic mass is 16.2. The van der Waals surface area contributed by atoms with E-state index in [2.05, 4.69) is 49.8 Å². The molecule has 0 aliphatic carbocycles. The van der Waals surface area contributed by atoms with Gasteiger partial charge in [-0.05, 0) is 36.2 Å². The fourth-order valence-corrected chi connectivity index (χ4v) is 4.29. The van der Waals surface area contributed by atoms with Gasteiger partial charge in [-0.3, -0.25) is 14.5 Å². The number of piperazine rings is 1. The van der Waals surface area contributed by atoms with Gasteiger partial charge in [0.2, 0.25) is 11.8 Å². The van der Waals surface area contributed by atoms with Gasteiger partial charge in [0.25, 0.3) is 0 Å². The van der Waals surface area contributed by atoms with Crippen molar-refractivity contribution in [1.82, 2.24) is 25.5 Å². The van der Waals surface area contributed by atoms with E-state index < -0.39 is 6.04 Å². The molecule has 7 heteroatoms. The molecule has 4 rings (SSSR count). The van der Waals surface area contributed by atoms with E-state index in [1.807, 2.05) is 38.1 Å². The van der Waals surface area contributed by atoms with Gasteiger partial charge in [0, 0.05) is 44.0 Å². The highest BCUT2D eigenvalue weighted by molar-refractivity contribution is 5.89. The summed E-state index contributed by atoms with van der Waals surface area (Å²) in [6.45, 7) is 6.24. The van der Waals surface area contributed by atoms with Crippen LogP contribution in [0, 0.1) is 13.8 Å². The molecule has 2 amide bonds. The van der Waals surface area contributed by atoms with Crippen molar-refractivity contribution in [3.8, 4) is 0 Å². The topological polar surface area (TPSA) is 87.2 Å². The lowest BCUT2D eigenvalue weighted by Crippen LogP contribution is -2.56. The minimum absolute atomic E-state index is 0.0933. The molecule has 7 nitrogen and oxygen atoms in total. The largest absolute Gasteiger partial charge is 0.356 e. The van der Waals surface area contributed by atoms with E-state index in [1.165, 1.54) is 10.8 Å². The molecule has 0 bridgehead atoms. The molecule has 1 aromatic heterocycles. The normalized spacial score (nSPS) is 16.7. The van der Waals surface area contributed by atoms with Crippen molar-refractivity contribution in [2.75, 3.05) is 19.6 Å². The monoisotopic (exact) mass is 431 g/mol. The Morgan fingerprint density at radius 1 is 1.12 bits per heavy atom. The summed E-state index contributed by atoms with van der Waals surface area (Å²) < 4.78 is 0. The number of fused-ring (bicyclic) bond motifs is 1. The van der Waals surface area contributed by atoms with Gasteiger partial charge in [-0.15, -0.1) is 0 Å². The lowest BCUT2D eigenvalue weighted by Gasteiger charge is -2.35. The molecule has 2 heterocycles. The zero-order valence-corrected chi connectivity index (χ0v) is 18.6. The molecular formula is C25H29N5O2. The summed E-state index contributed by atoms with van der Waals surface area (Å²) in [7, 11) is 0. The van der Waals surface area contributed by atoms with E-state index in [4.69, 9.17) is 0 Å². The Hall–Kier alpha value is -3.32. The minimum atomic E-state index is -0.486. The number of nitrogens with zero attached hydrogens (tertiary/aromatic N) is 3. The summed E-state index contributed by atoms with van der Waals surface area (Å²) in [5.41, 5.74) is 3.00. The second-order valence-electron chi connectivity index (χ2n) is 8.29. The maximum Gasteiger partial charge on any atom is 0.237 e. The number of carbonyl (C=O) groups is 2. The van der Waals surface area contributed by atoms with E-state index in [0.29, 0.717) is 32.6 Å². The number of hydrogen-bond acceptors (Lipinski definition) is 5. The Morgan fingerprint density at radius 2 is 1.88 bits per heavy atom. The minimum Gasteiger partial charge on any atom is -0.356 e. The van der Waals surface area contributed by atoms with Crippen LogP contribution in [-0.2, 0) is 22.6 Å². The van der Waals surface area contributed by atoms with E-state index >= 15 is 0 Å². The fraction of sp³-hybridized carbons (Fsp3) is 0.360. The first-order valence-electron chi connectivity index (χ1n) is 11.1. The molecule has 1 saturated heterocycles. The van der Waals surface area contributed by atoms with Gasteiger partial charge in [-0.2, -0.15) is 0 Å². The average Bonchev–Trinajstić information content (AvgIpc) is 2.76. The third-order valence-electron chi connectivity index (χ3n) is 5.77. The predicted octanol–water partition coefficient (Wildman–Crippen LogP) is 2.30. The smallest absolute Gasteiger partial charge is 0.237 e. The van der Waals surface area contributed by atoms with Gasteiger partial charge in [0.1, 0.15) is 5.82 Å². The van der Waals surface area contributed by atoms with Crippen molar-refractivity contribution in [2.24, 2.45) is 0 Å². The molecule has 0 spiro atoms. The second-order valence-corrected chi connectivity index (χ2v) is 8.29. The average molecular weight is 432 g/mol. The number of aromatic nitrogens is 2. The van der Waals surface area contributed by atoms with Crippen LogP contribution in [-0.4, -0.2) is 52.4 Å². The number of hydrogen-bond donors (Lipinski definition) is 2. The Kier molecular flexibility index (Phi) is 6.75. The molecule has 0 unspecified atom stereocenters. The summed E-state index contributed by atoms with van der Waals surface area (Å²) in [4.78, 5) is 36.2. The van der Waals surface area contributed by atoms with Crippen LogP contribution in [0.2, 0.25) is 0 Å². The van der Waals surface area contributed by atoms with E-state index in [0.717, 1.165) is 22.8 Å². The van der Waals surface area contributed by atoms with E-state index in [1.54, 1.807) is 0 Å². The predicted molar refractivity (Wildman–Crippen MR) is 124 cm³/mol. The number of carbonyl (C=O) groups excluding carboxylic acids is 2. The van der Waals surface area contributed by atoms with Crippen molar-refractivity contribution in [3.05, 3.63) is 71.3 Å². The fourth-order valence-electron chi connectivity index (χ4n) is 4.29. The summed E-state index contributed by atoms with van der Waals surface area (Å²) in [5, 5.41) is 8.18. The van der Waals surface area contributed by atoms with Gasteiger partial charge < -0.3 is 10.6 Å². The molecule has 1 aliphatic heterocycles. The Labute approximate surface area is 188 Å². The van der Waals surface area contributed by atoms with Gasteiger partial charge in [-0.25, -0.2) is 9.97 Å². The highest BCUT2D eigenvalue weighted by Crippen LogP contribution is 2.22. The van der Waals surface area contributed by atoms with Crippen LogP contribution in [0.3, 0.4) is 0 Å². The first-order chi connectivity index (χ1) is 15.5. The molecule has 2 aromatic carbocycles. The van der Waals surface area contributed by atoms with Crippen LogP contribution in [0.1, 0.15) is 29.2 Å². The zero-order chi connectivity index (χ0) is 22.5. The van der Waals surface area contributed by atoms with Crippen LogP contribution in [0.25, 0.3) is 10.8 Å². The van der Waals surface area contributed by atoms with Crippen molar-refractivity contribution >= 4 is 22.6 Å². The molecule has 1 aliphatic rings. The first kappa shape index (κ1) is 21.9. The van der Waals surface area contributed by atoms with Crippen LogP contribution in [0.5, 0.6) is 0 Å². The molecule has 1 atom stereocenters. The summed E-state index contributed by atoms with van der Waals surface area (Å²) in [5.74, 6) is 0.486. The molecule has 1 fully saturated rings. The van der Waals surface area contributed by atoms with Crippen molar-refractivity contribution < 1.29 is 9.59 Å². The Bertz CT molecular complexity index is 1100. The number of amides is 2. The van der Waals surface area contributed by atoms with Crippen molar-refractivity contribution in [1.29, 1.82) is 0 Å². The number of rotatable bonds is 7. The van der Waals surface area contributed by atoms with E-state index in [9.17, 15) is 9.59 Å². The molecule has 32 heavy (non-hydrogen) atoms. The van der Waals surface area contributed by atoms with Crippen LogP contribution in [0.4, 0.5) is 0 Å². The molecular weight excluding hydrogens is 402 g/mol. The molecule has 2 N–H and O–H groups in total. The van der Waals surface area contributed by atoms with Crippen LogP contribution >= 0.6 is 0 Å². The van der Waals surface area contributed by atoms with E-state index in [-0.39, 0.29) is 18.2 Å². The van der Waals surface area contributed by atoms with Crippen molar-refractivity contribution in [2.45, 2.75) is 39.3 Å². The number of nitrogens with one attached hydrogen (secondary N) is 2. The van der Waals surface area contributed by atoms with Gasteiger partial charge in [0.05, 0.1) is 12.5 Å². The van der Waals surface area contributed by atoms with Crippen LogP contribution in [0.15, 0.2) is 48.5 Å². The Morgan fingerprint density at radius 3 is 2.69 bits per heavy atom. The number of aryl methyl sites for hydroxylation is 2. The summed E-state index contributed by atoms with van der Waals surface area (Å²) >= 11 is 0. The third-order valence-corrected chi connectivity index (χ3v) is 5.77. The van der Waals surface area contributed by atoms with Gasteiger partial charge in [0.15, 0.2) is 0 Å². The summed E-state index contributed by atoms with van der Waals surface area (Å²) in [6, 6.07) is 15.9. The summed E-state index contributed by atoms with van der Waals surface area (Å²) in [6.07, 6.45) is 0.690. The van der Waals surface area contributed by atoms with Gasteiger partial charge >= 0.3 is 0 Å². The first-order valence-corrected chi connectivity index (χ1v) is 11.1. The Balaban J connectivity index is 1.39. The molecule has 166 valence electrons. The SMILES string of the molecule is Cc1cc(C)nc(CCNC(=O)C[C@@H]2C(=O)NCCN2Cc2cccc3ccccc23)n1. The number of benzene rings is 2. The third kappa shape index (κ3) is 5.29. The molecule has 3 aromatic rings. The highest BCUT2D eigenvalue weighted by Gasteiger charge is 2.31. The second kappa shape index (κ2) is 9.87. The van der Waals surface area contributed by atoms with Crippen LogP contribution < -0.4 is 10.6 Å². The molecule has 0 radical (unpaired) electrons. The lowest BCUT2D eigenvalue weighted by molar-refractivity contribution is -0.134. The quantitative estimate of drug-likeness (QED) is 0.599.